The molecule has 3 rings (SSSR count). The molecule has 0 aliphatic carbocycles. The second-order valence-corrected chi connectivity index (χ2v) is 7.28. The molecule has 3 amide bonds. The van der Waals surface area contributed by atoms with Gasteiger partial charge in [-0.05, 0) is 50.4 Å². The highest BCUT2D eigenvalue weighted by Crippen LogP contribution is 2.27. The number of carbonyl (C=O) groups excluding carboxylic acids is 3. The molecule has 160 valence electrons. The van der Waals surface area contributed by atoms with Gasteiger partial charge in [-0.3, -0.25) is 14.9 Å². The van der Waals surface area contributed by atoms with Crippen molar-refractivity contribution in [2.45, 2.75) is 37.6 Å². The monoisotopic (exact) mass is 425 g/mol. The Kier molecular flexibility index (Phi) is 7.87. The van der Waals surface area contributed by atoms with Crippen LogP contribution in [0.1, 0.15) is 42.5 Å². The third-order valence-corrected chi connectivity index (χ3v) is 5.56. The first-order valence-electron chi connectivity index (χ1n) is 9.58. The summed E-state index contributed by atoms with van der Waals surface area (Å²) in [5.41, 5.74) is -0.184. The van der Waals surface area contributed by atoms with E-state index in [0.29, 0.717) is 36.3 Å². The first-order chi connectivity index (χ1) is 13.5. The number of amides is 3. The van der Waals surface area contributed by atoms with E-state index in [1.165, 1.54) is 0 Å². The molecule has 0 radical (unpaired) electrons. The van der Waals surface area contributed by atoms with Crippen molar-refractivity contribution in [2.24, 2.45) is 0 Å². The molecule has 1 aromatic rings. The summed E-state index contributed by atoms with van der Waals surface area (Å²) in [5.74, 6) is 1.02. The summed E-state index contributed by atoms with van der Waals surface area (Å²) >= 11 is 0. The van der Waals surface area contributed by atoms with Crippen molar-refractivity contribution >= 4 is 30.1 Å². The molecule has 2 aliphatic heterocycles. The quantitative estimate of drug-likeness (QED) is 0.376. The number of nitrogens with one attached hydrogen (secondary N) is 2. The number of ketones is 1. The molecule has 2 aliphatic rings. The standard InChI is InChI=1S/C20H27N3O5.ClH/c1-27-14-6-7-17(28-2)15(13-14)16(24)5-3-4-10-23-11-8-20(9-12-23)18(25)21-19(26)22-20;/h6-7,13H,3-5,8-12H2,1-2H3,(H2,21,22,25,26);1H. The number of Topliss-reactive ketones (excluding diaryl/α,β-unsaturated/α-hetero) is 1. The number of ether oxygens (including phenoxy) is 2. The van der Waals surface area contributed by atoms with Gasteiger partial charge in [-0.25, -0.2) is 4.79 Å². The van der Waals surface area contributed by atoms with E-state index in [2.05, 4.69) is 15.5 Å². The molecule has 9 heteroatoms. The zero-order valence-electron chi connectivity index (χ0n) is 16.8. The molecule has 2 N–H and O–H groups in total. The minimum atomic E-state index is -0.730. The van der Waals surface area contributed by atoms with Crippen LogP contribution in [0.15, 0.2) is 18.2 Å². The summed E-state index contributed by atoms with van der Waals surface area (Å²) in [4.78, 5) is 38.2. The third kappa shape index (κ3) is 5.19. The first-order valence-corrected chi connectivity index (χ1v) is 9.58. The molecule has 1 aromatic carbocycles. The second kappa shape index (κ2) is 9.93. The van der Waals surface area contributed by atoms with Crippen LogP contribution in [0.4, 0.5) is 4.79 Å². The summed E-state index contributed by atoms with van der Waals surface area (Å²) in [7, 11) is 3.12. The van der Waals surface area contributed by atoms with E-state index in [-0.39, 0.29) is 24.1 Å². The molecule has 29 heavy (non-hydrogen) atoms. The smallest absolute Gasteiger partial charge is 0.322 e. The van der Waals surface area contributed by atoms with E-state index >= 15 is 0 Å². The molecular formula is C20H28ClN3O5. The number of imide groups is 1. The van der Waals surface area contributed by atoms with E-state index in [0.717, 1.165) is 32.5 Å². The van der Waals surface area contributed by atoms with E-state index in [1.807, 2.05) is 0 Å². The molecule has 0 bridgehead atoms. The van der Waals surface area contributed by atoms with Crippen molar-refractivity contribution in [2.75, 3.05) is 33.9 Å². The lowest BCUT2D eigenvalue weighted by molar-refractivity contribution is -0.125. The fraction of sp³-hybridized carbons (Fsp3) is 0.550. The number of unbranched alkanes of at least 4 members (excludes halogenated alkanes) is 1. The van der Waals surface area contributed by atoms with Crippen molar-refractivity contribution in [1.82, 2.24) is 15.5 Å². The van der Waals surface area contributed by atoms with Gasteiger partial charge >= 0.3 is 6.03 Å². The van der Waals surface area contributed by atoms with Crippen LogP contribution in [0.5, 0.6) is 11.5 Å². The zero-order valence-corrected chi connectivity index (χ0v) is 17.6. The average Bonchev–Trinajstić information content (AvgIpc) is 2.98. The molecule has 8 nitrogen and oxygen atoms in total. The summed E-state index contributed by atoms with van der Waals surface area (Å²) in [6.07, 6.45) is 3.34. The Morgan fingerprint density at radius 2 is 1.86 bits per heavy atom. The molecule has 0 atom stereocenters. The summed E-state index contributed by atoms with van der Waals surface area (Å²) in [6, 6.07) is 4.83. The van der Waals surface area contributed by atoms with Crippen molar-refractivity contribution in [3.63, 3.8) is 0 Å². The van der Waals surface area contributed by atoms with Gasteiger partial charge in [0.1, 0.15) is 17.0 Å². The van der Waals surface area contributed by atoms with E-state index in [4.69, 9.17) is 9.47 Å². The maximum absolute atomic E-state index is 12.5. The Morgan fingerprint density at radius 1 is 1.14 bits per heavy atom. The Labute approximate surface area is 176 Å². The van der Waals surface area contributed by atoms with Gasteiger partial charge in [0.25, 0.3) is 5.91 Å². The van der Waals surface area contributed by atoms with Crippen molar-refractivity contribution in [3.8, 4) is 11.5 Å². The predicted molar refractivity (Wildman–Crippen MR) is 110 cm³/mol. The molecule has 0 unspecified atom stereocenters. The Bertz CT molecular complexity index is 762. The summed E-state index contributed by atoms with van der Waals surface area (Å²) < 4.78 is 10.5. The van der Waals surface area contributed by atoms with Crippen molar-refractivity contribution in [1.29, 1.82) is 0 Å². The topological polar surface area (TPSA) is 97.0 Å². The number of piperidine rings is 1. The van der Waals surface area contributed by atoms with Crippen LogP contribution in [0.2, 0.25) is 0 Å². The van der Waals surface area contributed by atoms with E-state index in [1.54, 1.807) is 32.4 Å². The number of benzene rings is 1. The number of hydrogen-bond donors (Lipinski definition) is 2. The van der Waals surface area contributed by atoms with E-state index < -0.39 is 11.6 Å². The molecule has 1 spiro atoms. The third-order valence-electron chi connectivity index (χ3n) is 5.56. The number of likely N-dealkylation sites (tertiary alicyclic amines) is 1. The molecule has 2 saturated heterocycles. The first kappa shape index (κ1) is 23.0. The van der Waals surface area contributed by atoms with Gasteiger partial charge in [0.15, 0.2) is 5.78 Å². The number of halogens is 1. The summed E-state index contributed by atoms with van der Waals surface area (Å²) in [6.45, 7) is 2.38. The normalized spacial score (nSPS) is 18.0. The average molecular weight is 426 g/mol. The van der Waals surface area contributed by atoms with Gasteiger partial charge in [-0.1, -0.05) is 0 Å². The van der Waals surface area contributed by atoms with E-state index in [9.17, 15) is 14.4 Å². The molecule has 0 saturated carbocycles. The highest BCUT2D eigenvalue weighted by molar-refractivity contribution is 6.07. The lowest BCUT2D eigenvalue weighted by atomic mass is 9.87. The number of nitrogens with zero attached hydrogens (tertiary/aromatic N) is 1. The SMILES string of the molecule is COc1ccc(OC)c(C(=O)CCCCN2CCC3(CC2)NC(=O)NC3=O)c1.Cl. The molecular weight excluding hydrogens is 398 g/mol. The minimum Gasteiger partial charge on any atom is -0.497 e. The molecule has 2 fully saturated rings. The highest BCUT2D eigenvalue weighted by atomic mass is 35.5. The lowest BCUT2D eigenvalue weighted by Gasteiger charge is -2.36. The fourth-order valence-electron chi connectivity index (χ4n) is 3.83. The Hall–Kier alpha value is -2.32. The number of carbonyl (C=O) groups is 3. The number of urea groups is 1. The van der Waals surface area contributed by atoms with Gasteiger partial charge in [0.05, 0.1) is 19.8 Å². The zero-order chi connectivity index (χ0) is 20.1. The van der Waals surface area contributed by atoms with Crippen LogP contribution in [0.3, 0.4) is 0 Å². The van der Waals surface area contributed by atoms with Crippen LogP contribution in [-0.4, -0.2) is 62.0 Å². The van der Waals surface area contributed by atoms with Crippen molar-refractivity contribution in [3.05, 3.63) is 23.8 Å². The minimum absolute atomic E-state index is 0. The Balaban J connectivity index is 0.00000300. The molecule has 0 aromatic heterocycles. The van der Waals surface area contributed by atoms with Crippen LogP contribution < -0.4 is 20.1 Å². The maximum Gasteiger partial charge on any atom is 0.322 e. The highest BCUT2D eigenvalue weighted by Gasteiger charge is 2.47. The van der Waals surface area contributed by atoms with Crippen LogP contribution in [0.25, 0.3) is 0 Å². The molecule has 2 heterocycles. The fourth-order valence-corrected chi connectivity index (χ4v) is 3.83. The second-order valence-electron chi connectivity index (χ2n) is 7.28. The van der Waals surface area contributed by atoms with Crippen LogP contribution in [-0.2, 0) is 4.79 Å². The predicted octanol–water partition coefficient (Wildman–Crippen LogP) is 2.15. The van der Waals surface area contributed by atoms with Crippen LogP contribution >= 0.6 is 12.4 Å². The maximum atomic E-state index is 12.5. The lowest BCUT2D eigenvalue weighted by Crippen LogP contribution is -2.54. The van der Waals surface area contributed by atoms with Gasteiger partial charge in [-0.15, -0.1) is 12.4 Å². The Morgan fingerprint density at radius 3 is 2.45 bits per heavy atom. The number of rotatable bonds is 8. The van der Waals surface area contributed by atoms with Crippen LogP contribution in [0, 0.1) is 0 Å². The van der Waals surface area contributed by atoms with Gasteiger partial charge in [0, 0.05) is 19.5 Å². The number of hydrogen-bond acceptors (Lipinski definition) is 6. The summed E-state index contributed by atoms with van der Waals surface area (Å²) in [5, 5.41) is 5.09. The van der Waals surface area contributed by atoms with Gasteiger partial charge in [-0.2, -0.15) is 0 Å². The van der Waals surface area contributed by atoms with Gasteiger partial charge in [0.2, 0.25) is 0 Å². The van der Waals surface area contributed by atoms with Gasteiger partial charge < -0.3 is 19.7 Å². The van der Waals surface area contributed by atoms with Crippen molar-refractivity contribution < 1.29 is 23.9 Å². The number of methoxy groups -OCH3 is 2. The largest absolute Gasteiger partial charge is 0.497 e.